The molecule has 12 heavy (non-hydrogen) atoms. The van der Waals surface area contributed by atoms with Crippen LogP contribution in [0.1, 0.15) is 12.0 Å². The maximum Gasteiger partial charge on any atom is 0.0374 e. The van der Waals surface area contributed by atoms with E-state index in [1.807, 2.05) is 7.05 Å². The van der Waals surface area contributed by atoms with Crippen LogP contribution in [-0.2, 0) is 6.42 Å². The highest BCUT2D eigenvalue weighted by molar-refractivity contribution is 5.60. The average Bonchev–Trinajstić information content (AvgIpc) is 2.17. The second kappa shape index (κ2) is 3.05. The summed E-state index contributed by atoms with van der Waals surface area (Å²) in [5, 5.41) is 6.54. The van der Waals surface area contributed by atoms with Crippen molar-refractivity contribution in [3.05, 3.63) is 23.8 Å². The lowest BCUT2D eigenvalue weighted by Gasteiger charge is -2.18. The molecule has 0 unspecified atom stereocenters. The lowest BCUT2D eigenvalue weighted by molar-refractivity contribution is 0.830. The normalized spacial score (nSPS) is 14.8. The molecule has 1 aromatic carbocycles. The zero-order chi connectivity index (χ0) is 8.39. The zero-order valence-electron chi connectivity index (χ0n) is 7.35. The number of hydrogen-bond acceptors (Lipinski definition) is 2. The average molecular weight is 162 g/mol. The summed E-state index contributed by atoms with van der Waals surface area (Å²) < 4.78 is 0. The van der Waals surface area contributed by atoms with Crippen LogP contribution in [0.2, 0.25) is 0 Å². The van der Waals surface area contributed by atoms with E-state index in [0.717, 1.165) is 6.54 Å². The van der Waals surface area contributed by atoms with Crippen LogP contribution in [0.5, 0.6) is 0 Å². The highest BCUT2D eigenvalue weighted by atomic mass is 14.9. The van der Waals surface area contributed by atoms with E-state index in [0.29, 0.717) is 0 Å². The fourth-order valence-electron chi connectivity index (χ4n) is 1.63. The molecule has 0 aromatic heterocycles. The first-order chi connectivity index (χ1) is 5.90. The van der Waals surface area contributed by atoms with E-state index in [1.54, 1.807) is 0 Å². The molecule has 0 amide bonds. The molecule has 0 bridgehead atoms. The Labute approximate surface area is 73.0 Å². The van der Waals surface area contributed by atoms with Crippen LogP contribution in [0, 0.1) is 0 Å². The maximum atomic E-state index is 3.39. The van der Waals surface area contributed by atoms with E-state index in [-0.39, 0.29) is 0 Å². The molecule has 2 heteroatoms. The molecular formula is C10H14N2. The lowest BCUT2D eigenvalue weighted by atomic mass is 10.0. The van der Waals surface area contributed by atoms with Gasteiger partial charge in [-0.1, -0.05) is 0 Å². The summed E-state index contributed by atoms with van der Waals surface area (Å²) >= 11 is 0. The number of benzene rings is 1. The largest absolute Gasteiger partial charge is 0.388 e. The van der Waals surface area contributed by atoms with Gasteiger partial charge in [-0.05, 0) is 36.6 Å². The van der Waals surface area contributed by atoms with Crippen molar-refractivity contribution in [2.45, 2.75) is 12.8 Å². The number of nitrogens with one attached hydrogen (secondary N) is 2. The van der Waals surface area contributed by atoms with Gasteiger partial charge in [-0.25, -0.2) is 0 Å². The summed E-state index contributed by atoms with van der Waals surface area (Å²) in [6.45, 7) is 1.12. The second-order valence-electron chi connectivity index (χ2n) is 3.15. The van der Waals surface area contributed by atoms with Gasteiger partial charge in [0, 0.05) is 25.0 Å². The summed E-state index contributed by atoms with van der Waals surface area (Å²) in [6.07, 6.45) is 2.46. The Morgan fingerprint density at radius 2 is 2.33 bits per heavy atom. The van der Waals surface area contributed by atoms with Crippen molar-refractivity contribution in [2.75, 3.05) is 24.2 Å². The Kier molecular flexibility index (Phi) is 1.90. The minimum Gasteiger partial charge on any atom is -0.388 e. The fourth-order valence-corrected chi connectivity index (χ4v) is 1.63. The smallest absolute Gasteiger partial charge is 0.0374 e. The molecule has 2 nitrogen and oxygen atoms in total. The van der Waals surface area contributed by atoms with Gasteiger partial charge in [-0.2, -0.15) is 0 Å². The third-order valence-electron chi connectivity index (χ3n) is 2.33. The minimum absolute atomic E-state index is 1.12. The second-order valence-corrected chi connectivity index (χ2v) is 3.15. The predicted octanol–water partition coefficient (Wildman–Crippen LogP) is 2.09. The molecule has 0 spiro atoms. The molecule has 2 N–H and O–H groups in total. The molecule has 0 fully saturated rings. The summed E-state index contributed by atoms with van der Waals surface area (Å²) in [4.78, 5) is 0. The van der Waals surface area contributed by atoms with Gasteiger partial charge in [0.25, 0.3) is 0 Å². The van der Waals surface area contributed by atoms with Crippen LogP contribution in [0.3, 0.4) is 0 Å². The Balaban J connectivity index is 2.36. The molecule has 0 aliphatic carbocycles. The van der Waals surface area contributed by atoms with Gasteiger partial charge < -0.3 is 10.6 Å². The molecule has 0 saturated carbocycles. The zero-order valence-corrected chi connectivity index (χ0v) is 7.35. The summed E-state index contributed by atoms with van der Waals surface area (Å²) in [6, 6.07) is 6.49. The van der Waals surface area contributed by atoms with Crippen molar-refractivity contribution in [2.24, 2.45) is 0 Å². The van der Waals surface area contributed by atoms with Gasteiger partial charge in [0.05, 0.1) is 0 Å². The van der Waals surface area contributed by atoms with Crippen molar-refractivity contribution >= 4 is 11.4 Å². The fraction of sp³-hybridized carbons (Fsp3) is 0.400. The number of hydrogen-bond donors (Lipinski definition) is 2. The Bertz CT molecular complexity index is 281. The molecule has 2 rings (SSSR count). The van der Waals surface area contributed by atoms with Gasteiger partial charge in [0.15, 0.2) is 0 Å². The minimum atomic E-state index is 1.12. The summed E-state index contributed by atoms with van der Waals surface area (Å²) in [5.41, 5.74) is 3.95. The molecule has 64 valence electrons. The van der Waals surface area contributed by atoms with Gasteiger partial charge in [-0.15, -0.1) is 0 Å². The van der Waals surface area contributed by atoms with Crippen molar-refractivity contribution < 1.29 is 0 Å². The van der Waals surface area contributed by atoms with Crippen LogP contribution in [0.15, 0.2) is 18.2 Å². The standard InChI is InChI=1S/C10H14N2/c1-11-9-4-5-10-8(7-9)3-2-6-12-10/h4-5,7,11-12H,2-3,6H2,1H3. The van der Waals surface area contributed by atoms with E-state index in [1.165, 1.54) is 29.8 Å². The maximum absolute atomic E-state index is 3.39. The quantitative estimate of drug-likeness (QED) is 0.660. The molecule has 1 aliphatic rings. The number of fused-ring (bicyclic) bond motifs is 1. The first kappa shape index (κ1) is 7.47. The van der Waals surface area contributed by atoms with Crippen LogP contribution in [0.25, 0.3) is 0 Å². The van der Waals surface area contributed by atoms with Crippen molar-refractivity contribution in [1.29, 1.82) is 0 Å². The number of aryl methyl sites for hydroxylation is 1. The van der Waals surface area contributed by atoms with Crippen LogP contribution >= 0.6 is 0 Å². The monoisotopic (exact) mass is 162 g/mol. The summed E-state index contributed by atoms with van der Waals surface area (Å²) in [5.74, 6) is 0. The Morgan fingerprint density at radius 1 is 1.42 bits per heavy atom. The molecular weight excluding hydrogens is 148 g/mol. The van der Waals surface area contributed by atoms with Gasteiger partial charge in [0.1, 0.15) is 0 Å². The molecule has 1 heterocycles. The number of anilines is 2. The van der Waals surface area contributed by atoms with Crippen molar-refractivity contribution in [3.8, 4) is 0 Å². The highest BCUT2D eigenvalue weighted by Crippen LogP contribution is 2.24. The van der Waals surface area contributed by atoms with Crippen LogP contribution in [-0.4, -0.2) is 13.6 Å². The van der Waals surface area contributed by atoms with Gasteiger partial charge >= 0.3 is 0 Å². The predicted molar refractivity (Wildman–Crippen MR) is 52.8 cm³/mol. The van der Waals surface area contributed by atoms with Crippen molar-refractivity contribution in [3.63, 3.8) is 0 Å². The van der Waals surface area contributed by atoms with Gasteiger partial charge in [0.2, 0.25) is 0 Å². The van der Waals surface area contributed by atoms with Crippen LogP contribution in [0.4, 0.5) is 11.4 Å². The third-order valence-corrected chi connectivity index (χ3v) is 2.33. The van der Waals surface area contributed by atoms with E-state index in [2.05, 4.69) is 28.8 Å². The van der Waals surface area contributed by atoms with Crippen LogP contribution < -0.4 is 10.6 Å². The van der Waals surface area contributed by atoms with E-state index in [4.69, 9.17) is 0 Å². The highest BCUT2D eigenvalue weighted by Gasteiger charge is 2.07. The Morgan fingerprint density at radius 3 is 3.17 bits per heavy atom. The first-order valence-corrected chi connectivity index (χ1v) is 4.45. The SMILES string of the molecule is CNc1ccc2c(c1)CCCN2. The Hall–Kier alpha value is -1.18. The molecule has 0 radical (unpaired) electrons. The lowest BCUT2D eigenvalue weighted by Crippen LogP contribution is -2.11. The first-order valence-electron chi connectivity index (χ1n) is 4.45. The van der Waals surface area contributed by atoms with E-state index >= 15 is 0 Å². The molecule has 0 atom stereocenters. The molecule has 1 aliphatic heterocycles. The molecule has 1 aromatic rings. The third kappa shape index (κ3) is 1.24. The summed E-state index contributed by atoms with van der Waals surface area (Å²) in [7, 11) is 1.96. The number of rotatable bonds is 1. The van der Waals surface area contributed by atoms with E-state index in [9.17, 15) is 0 Å². The molecule has 0 saturated heterocycles. The van der Waals surface area contributed by atoms with Crippen molar-refractivity contribution in [1.82, 2.24) is 0 Å². The topological polar surface area (TPSA) is 24.1 Å². The van der Waals surface area contributed by atoms with Gasteiger partial charge in [-0.3, -0.25) is 0 Å². The van der Waals surface area contributed by atoms with E-state index < -0.39 is 0 Å².